The molecule has 15 heavy (non-hydrogen) atoms. The van der Waals surface area contributed by atoms with Gasteiger partial charge in [-0.3, -0.25) is 4.90 Å². The van der Waals surface area contributed by atoms with E-state index in [0.29, 0.717) is 17.8 Å². The lowest BCUT2D eigenvalue weighted by molar-refractivity contribution is -0.108. The van der Waals surface area contributed by atoms with Crippen LogP contribution in [0, 0.1) is 0 Å². The summed E-state index contributed by atoms with van der Waals surface area (Å²) in [6.45, 7) is 0.919. The maximum Gasteiger partial charge on any atom is 0.121 e. The first kappa shape index (κ1) is 11.4. The second-order valence-corrected chi connectivity index (χ2v) is 5.35. The van der Waals surface area contributed by atoms with Gasteiger partial charge in [0, 0.05) is 30.4 Å². The molecule has 2 aliphatic carbocycles. The van der Waals surface area contributed by atoms with E-state index in [9.17, 15) is 4.79 Å². The fourth-order valence-corrected chi connectivity index (χ4v) is 3.09. The first-order valence-electron chi connectivity index (χ1n) is 6.16. The predicted molar refractivity (Wildman–Crippen MR) is 62.3 cm³/mol. The summed E-state index contributed by atoms with van der Waals surface area (Å²) in [5.41, 5.74) is 0. The maximum absolute atomic E-state index is 10.5. The summed E-state index contributed by atoms with van der Waals surface area (Å²) in [5.74, 6) is 0. The van der Waals surface area contributed by atoms with E-state index >= 15 is 0 Å². The van der Waals surface area contributed by atoms with Crippen LogP contribution >= 0.6 is 11.6 Å². The molecule has 2 aliphatic rings. The van der Waals surface area contributed by atoms with Gasteiger partial charge in [0.25, 0.3) is 0 Å². The molecule has 86 valence electrons. The van der Waals surface area contributed by atoms with Gasteiger partial charge in [0.1, 0.15) is 6.29 Å². The van der Waals surface area contributed by atoms with Crippen molar-refractivity contribution in [2.75, 3.05) is 6.54 Å². The Morgan fingerprint density at radius 3 is 2.53 bits per heavy atom. The third-order valence-corrected chi connectivity index (χ3v) is 4.10. The van der Waals surface area contributed by atoms with Crippen LogP contribution < -0.4 is 0 Å². The third-order valence-electron chi connectivity index (χ3n) is 3.59. The Labute approximate surface area is 97.0 Å². The molecule has 0 N–H and O–H groups in total. The zero-order valence-electron chi connectivity index (χ0n) is 9.20. The van der Waals surface area contributed by atoms with Gasteiger partial charge < -0.3 is 4.79 Å². The number of carbonyl (C=O) groups is 1. The minimum absolute atomic E-state index is 0.311. The van der Waals surface area contributed by atoms with Crippen LogP contribution in [0.5, 0.6) is 0 Å². The van der Waals surface area contributed by atoms with Crippen molar-refractivity contribution in [3.8, 4) is 0 Å². The first-order valence-corrected chi connectivity index (χ1v) is 6.60. The number of alkyl halides is 1. The number of rotatable bonds is 5. The normalized spacial score (nSPS) is 31.9. The van der Waals surface area contributed by atoms with Gasteiger partial charge >= 0.3 is 0 Å². The minimum atomic E-state index is 0.311. The Morgan fingerprint density at radius 2 is 1.93 bits per heavy atom. The second-order valence-electron chi connectivity index (χ2n) is 4.79. The molecule has 0 radical (unpaired) electrons. The molecular weight excluding hydrogens is 210 g/mol. The van der Waals surface area contributed by atoms with Gasteiger partial charge in [-0.25, -0.2) is 0 Å². The average Bonchev–Trinajstić information content (AvgIpc) is 3.05. The van der Waals surface area contributed by atoms with Crippen molar-refractivity contribution < 1.29 is 4.79 Å². The molecule has 0 amide bonds. The largest absolute Gasteiger partial charge is 0.303 e. The molecule has 0 aromatic rings. The van der Waals surface area contributed by atoms with E-state index in [4.69, 9.17) is 11.6 Å². The first-order chi connectivity index (χ1) is 7.33. The van der Waals surface area contributed by atoms with Crippen molar-refractivity contribution in [1.29, 1.82) is 0 Å². The molecule has 0 bridgehead atoms. The summed E-state index contributed by atoms with van der Waals surface area (Å²) in [5, 5.41) is 0.311. The Bertz CT molecular complexity index is 218. The molecule has 0 saturated heterocycles. The molecule has 2 nitrogen and oxygen atoms in total. The van der Waals surface area contributed by atoms with Gasteiger partial charge in [0.15, 0.2) is 0 Å². The van der Waals surface area contributed by atoms with Crippen molar-refractivity contribution in [1.82, 2.24) is 4.90 Å². The van der Waals surface area contributed by atoms with Gasteiger partial charge in [-0.1, -0.05) is 12.8 Å². The summed E-state index contributed by atoms with van der Waals surface area (Å²) in [7, 11) is 0. The van der Waals surface area contributed by atoms with Crippen LogP contribution in [0.3, 0.4) is 0 Å². The molecule has 2 fully saturated rings. The summed E-state index contributed by atoms with van der Waals surface area (Å²) < 4.78 is 0. The highest BCUT2D eigenvalue weighted by molar-refractivity contribution is 6.21. The van der Waals surface area contributed by atoms with Gasteiger partial charge in [0.2, 0.25) is 0 Å². The lowest BCUT2D eigenvalue weighted by Gasteiger charge is -2.37. The molecular formula is C12H20ClNO. The predicted octanol–water partition coefficient (Wildman–Crippen LogP) is 2.59. The Hall–Kier alpha value is -0.0800. The number of halogens is 1. The smallest absolute Gasteiger partial charge is 0.121 e. The quantitative estimate of drug-likeness (QED) is 0.534. The second kappa shape index (κ2) is 5.31. The molecule has 0 aliphatic heterocycles. The topological polar surface area (TPSA) is 20.3 Å². The molecule has 0 spiro atoms. The molecule has 2 rings (SSSR count). The monoisotopic (exact) mass is 229 g/mol. The van der Waals surface area contributed by atoms with E-state index in [1.165, 1.54) is 32.1 Å². The van der Waals surface area contributed by atoms with Crippen LogP contribution in [-0.4, -0.2) is 35.2 Å². The number of hydrogen-bond donors (Lipinski definition) is 0. The molecule has 2 unspecified atom stereocenters. The van der Waals surface area contributed by atoms with E-state index in [0.717, 1.165) is 25.3 Å². The Morgan fingerprint density at radius 1 is 1.20 bits per heavy atom. The van der Waals surface area contributed by atoms with E-state index in [-0.39, 0.29) is 0 Å². The van der Waals surface area contributed by atoms with Crippen LogP contribution in [0.15, 0.2) is 0 Å². The lowest BCUT2D eigenvalue weighted by Crippen LogP contribution is -2.45. The summed E-state index contributed by atoms with van der Waals surface area (Å²) in [4.78, 5) is 13.0. The van der Waals surface area contributed by atoms with Gasteiger partial charge in [0.05, 0.1) is 0 Å². The zero-order chi connectivity index (χ0) is 10.7. The number of hydrogen-bond acceptors (Lipinski definition) is 2. The SMILES string of the molecule is O=CCCN(C1CC1)C1CCCCC1Cl. The average molecular weight is 230 g/mol. The Kier molecular flexibility index (Phi) is 4.04. The molecule has 0 heterocycles. The molecule has 2 saturated carbocycles. The summed E-state index contributed by atoms with van der Waals surface area (Å²) in [6, 6.07) is 1.27. The maximum atomic E-state index is 10.5. The third kappa shape index (κ3) is 2.94. The molecule has 0 aromatic heterocycles. The van der Waals surface area contributed by atoms with Gasteiger partial charge in [-0.15, -0.1) is 11.6 Å². The van der Waals surface area contributed by atoms with Crippen molar-refractivity contribution in [3.63, 3.8) is 0 Å². The highest BCUT2D eigenvalue weighted by Gasteiger charge is 2.37. The lowest BCUT2D eigenvalue weighted by atomic mass is 9.93. The van der Waals surface area contributed by atoms with Crippen LogP contribution in [0.4, 0.5) is 0 Å². The van der Waals surface area contributed by atoms with Crippen molar-refractivity contribution in [3.05, 3.63) is 0 Å². The van der Waals surface area contributed by atoms with Crippen LogP contribution in [0.25, 0.3) is 0 Å². The fourth-order valence-electron chi connectivity index (χ4n) is 2.67. The van der Waals surface area contributed by atoms with Crippen molar-refractivity contribution >= 4 is 17.9 Å². The van der Waals surface area contributed by atoms with E-state index < -0.39 is 0 Å². The fraction of sp³-hybridized carbons (Fsp3) is 0.917. The Balaban J connectivity index is 1.92. The molecule has 0 aromatic carbocycles. The van der Waals surface area contributed by atoms with E-state index in [1.807, 2.05) is 0 Å². The summed E-state index contributed by atoms with van der Waals surface area (Å²) >= 11 is 6.40. The molecule has 3 heteroatoms. The zero-order valence-corrected chi connectivity index (χ0v) is 9.96. The minimum Gasteiger partial charge on any atom is -0.303 e. The number of carbonyl (C=O) groups excluding carboxylic acids is 1. The highest BCUT2D eigenvalue weighted by Crippen LogP contribution is 2.35. The van der Waals surface area contributed by atoms with Crippen LogP contribution in [0.1, 0.15) is 44.9 Å². The van der Waals surface area contributed by atoms with Crippen molar-refractivity contribution in [2.24, 2.45) is 0 Å². The number of aldehydes is 1. The van der Waals surface area contributed by atoms with Crippen LogP contribution in [-0.2, 0) is 4.79 Å². The highest BCUT2D eigenvalue weighted by atomic mass is 35.5. The van der Waals surface area contributed by atoms with Crippen LogP contribution in [0.2, 0.25) is 0 Å². The van der Waals surface area contributed by atoms with Crippen molar-refractivity contribution in [2.45, 2.75) is 62.4 Å². The number of nitrogens with zero attached hydrogens (tertiary/aromatic N) is 1. The van der Waals surface area contributed by atoms with Gasteiger partial charge in [-0.2, -0.15) is 0 Å². The van der Waals surface area contributed by atoms with E-state index in [1.54, 1.807) is 0 Å². The summed E-state index contributed by atoms with van der Waals surface area (Å²) in [6.07, 6.45) is 9.26. The molecule has 2 atom stereocenters. The standard InChI is InChI=1S/C12H20ClNO/c13-11-4-1-2-5-12(11)14(8-3-9-15)10-6-7-10/h9-12H,1-8H2. The van der Waals surface area contributed by atoms with Gasteiger partial charge in [-0.05, 0) is 25.7 Å². The van der Waals surface area contributed by atoms with E-state index in [2.05, 4.69) is 4.90 Å².